The maximum atomic E-state index is 10.6. The van der Waals surface area contributed by atoms with Gasteiger partial charge in [0.15, 0.2) is 0 Å². The van der Waals surface area contributed by atoms with E-state index in [1.54, 1.807) is 0 Å². The van der Waals surface area contributed by atoms with Crippen molar-refractivity contribution in [2.24, 2.45) is 0 Å². The molecule has 0 aromatic carbocycles. The molecule has 0 amide bonds. The van der Waals surface area contributed by atoms with Crippen LogP contribution in [-0.4, -0.2) is 60.2 Å². The third kappa shape index (κ3) is 19.3. The van der Waals surface area contributed by atoms with E-state index in [1.165, 1.54) is 24.9 Å². The summed E-state index contributed by atoms with van der Waals surface area (Å²) in [5.41, 5.74) is 0. The zero-order chi connectivity index (χ0) is 18.1. The van der Waals surface area contributed by atoms with Gasteiger partial charge < -0.3 is 38.9 Å². The summed E-state index contributed by atoms with van der Waals surface area (Å²) >= 11 is 0. The quantitative estimate of drug-likeness (QED) is 0.351. The standard InChI is InChI=1S/2C5H12O4P2.Cu/c2*1-10(7)4-3-5(6)11(2,8)9;/h2*4-6H,3H2,1-2H3,(H,8,9);/q;;+2/p-2. The van der Waals surface area contributed by atoms with Crippen LogP contribution in [-0.2, 0) is 26.2 Å². The van der Waals surface area contributed by atoms with Gasteiger partial charge in [-0.1, -0.05) is 0 Å². The zero-order valence-electron chi connectivity index (χ0n) is 13.2. The molecule has 0 saturated heterocycles. The summed E-state index contributed by atoms with van der Waals surface area (Å²) in [6.45, 7) is 4.84. The summed E-state index contributed by atoms with van der Waals surface area (Å²) in [5, 5.41) is 17.8. The Morgan fingerprint density at radius 1 is 0.913 bits per heavy atom. The van der Waals surface area contributed by atoms with E-state index in [-0.39, 0.29) is 29.9 Å². The Kier molecular flexibility index (Phi) is 16.7. The molecular weight excluding hydrogens is 436 g/mol. The van der Waals surface area contributed by atoms with Gasteiger partial charge in [-0.2, -0.15) is 0 Å². The number of hydrogen-bond acceptors (Lipinski definition) is 8. The van der Waals surface area contributed by atoms with Crippen molar-refractivity contribution >= 4 is 41.9 Å². The maximum absolute atomic E-state index is 10.6. The first-order valence-electron chi connectivity index (χ1n) is 6.07. The summed E-state index contributed by atoms with van der Waals surface area (Å²) in [7, 11) is -10.3. The molecule has 0 aliphatic heterocycles. The van der Waals surface area contributed by atoms with Gasteiger partial charge in [0, 0.05) is 43.1 Å². The van der Waals surface area contributed by atoms with Gasteiger partial charge in [0.1, 0.15) is 11.7 Å². The third-order valence-electron chi connectivity index (χ3n) is 2.23. The molecule has 6 unspecified atom stereocenters. The van der Waals surface area contributed by atoms with Crippen LogP contribution in [0.2, 0.25) is 0 Å². The van der Waals surface area contributed by atoms with Gasteiger partial charge in [-0.15, -0.1) is 0 Å². The minimum atomic E-state index is -3.67. The first kappa shape index (κ1) is 28.9. The van der Waals surface area contributed by atoms with Crippen molar-refractivity contribution in [1.82, 2.24) is 0 Å². The number of hydrogen-bond donors (Lipinski definition) is 2. The predicted octanol–water partition coefficient (Wildman–Crippen LogP) is -1.70. The monoisotopic (exact) mass is 457 g/mol. The van der Waals surface area contributed by atoms with Crippen LogP contribution in [0.15, 0.2) is 0 Å². The van der Waals surface area contributed by atoms with Crippen molar-refractivity contribution in [2.45, 2.75) is 24.5 Å². The molecule has 0 spiro atoms. The van der Waals surface area contributed by atoms with Crippen molar-refractivity contribution in [3.8, 4) is 0 Å². The largest absolute Gasteiger partial charge is 2.00 e. The fourth-order valence-corrected chi connectivity index (χ4v) is 3.17. The van der Waals surface area contributed by atoms with Crippen molar-refractivity contribution in [3.05, 3.63) is 0 Å². The summed E-state index contributed by atoms with van der Waals surface area (Å²) in [6.07, 6.45) is -0.105. The minimum absolute atomic E-state index is 0. The van der Waals surface area contributed by atoms with Gasteiger partial charge in [-0.25, -0.2) is 0 Å². The van der Waals surface area contributed by atoms with E-state index in [4.69, 9.17) is 10.2 Å². The van der Waals surface area contributed by atoms with Crippen LogP contribution in [0.5, 0.6) is 0 Å². The van der Waals surface area contributed by atoms with Crippen LogP contribution in [0.25, 0.3) is 0 Å². The van der Waals surface area contributed by atoms with Gasteiger partial charge in [-0.05, 0) is 13.3 Å². The molecule has 0 heterocycles. The second-order valence-electron chi connectivity index (χ2n) is 4.71. The molecule has 1 radical (unpaired) electrons. The van der Waals surface area contributed by atoms with Gasteiger partial charge in [-0.3, -0.25) is 0 Å². The fraction of sp³-hybridized carbons (Fsp3) is 0.800. The molecule has 0 aromatic heterocycles. The van der Waals surface area contributed by atoms with Gasteiger partial charge in [0.25, 0.3) is 0 Å². The average Bonchev–Trinajstić information content (AvgIpc) is 2.31. The topological polar surface area (TPSA) is 167 Å². The van der Waals surface area contributed by atoms with Crippen molar-refractivity contribution in [3.63, 3.8) is 0 Å². The Morgan fingerprint density at radius 2 is 1.13 bits per heavy atom. The van der Waals surface area contributed by atoms with E-state index >= 15 is 0 Å². The molecule has 0 bridgehead atoms. The molecule has 0 aliphatic carbocycles. The summed E-state index contributed by atoms with van der Waals surface area (Å²) < 4.78 is 21.2. The fourth-order valence-electron chi connectivity index (χ4n) is 0.868. The molecule has 6 atom stereocenters. The molecule has 0 aliphatic rings. The van der Waals surface area contributed by atoms with Crippen molar-refractivity contribution < 1.29 is 56.0 Å². The summed E-state index contributed by atoms with van der Waals surface area (Å²) in [6, 6.07) is 0. The molecule has 0 saturated carbocycles. The number of aliphatic hydroxyl groups is 2. The molecule has 0 rings (SSSR count). The molecule has 2 N–H and O–H groups in total. The van der Waals surface area contributed by atoms with Crippen molar-refractivity contribution in [1.29, 1.82) is 0 Å². The molecule has 8 nitrogen and oxygen atoms in total. The first-order valence-corrected chi connectivity index (χ1v) is 13.9. The SMILES string of the molecule is C[P+]([O-])=CCC(O)P(C)(=O)[O-].C[P+]([O-])=CCC(O)P(C)(=O)[O-].[Cu+2]. The van der Waals surface area contributed by atoms with Crippen LogP contribution >= 0.6 is 30.3 Å². The summed E-state index contributed by atoms with van der Waals surface area (Å²) in [5.74, 6) is -0.176. The van der Waals surface area contributed by atoms with E-state index in [0.29, 0.717) is 0 Å². The Labute approximate surface area is 149 Å². The second kappa shape index (κ2) is 13.3. The van der Waals surface area contributed by atoms with Gasteiger partial charge in [0.05, 0.1) is 24.9 Å². The van der Waals surface area contributed by atoms with Crippen molar-refractivity contribution in [2.75, 3.05) is 26.7 Å². The Bertz CT molecular complexity index is 431. The molecule has 23 heavy (non-hydrogen) atoms. The molecule has 0 fully saturated rings. The molecule has 141 valence electrons. The first-order chi connectivity index (χ1) is 9.67. The van der Waals surface area contributed by atoms with E-state index in [9.17, 15) is 28.7 Å². The average molecular weight is 458 g/mol. The summed E-state index contributed by atoms with van der Waals surface area (Å²) in [4.78, 5) is 42.1. The zero-order valence-corrected chi connectivity index (χ0v) is 17.7. The van der Waals surface area contributed by atoms with E-state index in [0.717, 1.165) is 13.3 Å². The van der Waals surface area contributed by atoms with Gasteiger partial charge >= 0.3 is 17.1 Å². The number of rotatable bonds is 6. The van der Waals surface area contributed by atoms with Crippen LogP contribution in [0.1, 0.15) is 12.8 Å². The van der Waals surface area contributed by atoms with Crippen LogP contribution in [0.3, 0.4) is 0 Å². The maximum Gasteiger partial charge on any atom is 2.00 e. The smallest absolute Gasteiger partial charge is 0.798 e. The third-order valence-corrected chi connectivity index (χ3v) is 6.27. The Balaban J connectivity index is -0.000000333. The minimum Gasteiger partial charge on any atom is -0.798 e. The van der Waals surface area contributed by atoms with Crippen LogP contribution < -0.4 is 19.6 Å². The normalized spacial score (nSPS) is 20.1. The molecule has 13 heteroatoms. The molecular formula is C10H22CuO8P4. The Hall–Kier alpha value is 1.08. The van der Waals surface area contributed by atoms with Gasteiger partial charge in [0.2, 0.25) is 0 Å². The Morgan fingerprint density at radius 3 is 1.26 bits per heavy atom. The predicted molar refractivity (Wildman–Crippen MR) is 86.1 cm³/mol. The van der Waals surface area contributed by atoms with Crippen LogP contribution in [0.4, 0.5) is 0 Å². The van der Waals surface area contributed by atoms with E-state index < -0.39 is 42.0 Å². The van der Waals surface area contributed by atoms with E-state index in [1.807, 2.05) is 0 Å². The second-order valence-corrected chi connectivity index (χ2v) is 12.4. The van der Waals surface area contributed by atoms with Crippen LogP contribution in [0, 0.1) is 0 Å². The molecule has 0 aromatic rings. The number of aliphatic hydroxyl groups excluding tert-OH is 2. The van der Waals surface area contributed by atoms with E-state index in [2.05, 4.69) is 0 Å².